The number of carbonyl (C=O) groups is 1. The topological polar surface area (TPSA) is 71.7 Å². The van der Waals surface area contributed by atoms with Crippen LogP contribution in [0.5, 0.6) is 0 Å². The lowest BCUT2D eigenvalue weighted by Gasteiger charge is -2.42. The summed E-state index contributed by atoms with van der Waals surface area (Å²) in [6, 6.07) is 10.00. The van der Waals surface area contributed by atoms with Gasteiger partial charge in [0.25, 0.3) is 0 Å². The molecule has 1 aromatic carbocycles. The van der Waals surface area contributed by atoms with E-state index in [1.54, 1.807) is 7.11 Å². The van der Waals surface area contributed by atoms with E-state index < -0.39 is 0 Å². The van der Waals surface area contributed by atoms with Crippen LogP contribution in [-0.2, 0) is 16.0 Å². The minimum atomic E-state index is 0.0928. The molecule has 1 atom stereocenters. The van der Waals surface area contributed by atoms with Gasteiger partial charge in [0.1, 0.15) is 0 Å². The molecule has 1 amide bonds. The number of aryl methyl sites for hydroxylation is 1. The Morgan fingerprint density at radius 1 is 1.23 bits per heavy atom. The molecule has 7 heteroatoms. The van der Waals surface area contributed by atoms with Crippen LogP contribution in [0.4, 0.5) is 0 Å². The molecular weight excluding hydrogens is 380 g/mol. The van der Waals surface area contributed by atoms with Crippen molar-refractivity contribution in [2.24, 2.45) is 5.41 Å². The SMILES string of the molecule is COCCCN1CC(c2nnc(C)o2)C2(CCN(C(=O)Cc3ccccc3)CC2)C1. The lowest BCUT2D eigenvalue weighted by atomic mass is 9.70. The highest BCUT2D eigenvalue weighted by Crippen LogP contribution is 2.49. The summed E-state index contributed by atoms with van der Waals surface area (Å²) in [5, 5.41) is 8.45. The van der Waals surface area contributed by atoms with Crippen LogP contribution in [-0.4, -0.2) is 72.3 Å². The van der Waals surface area contributed by atoms with Crippen molar-refractivity contribution in [2.75, 3.05) is 46.4 Å². The van der Waals surface area contributed by atoms with Crippen LogP contribution < -0.4 is 0 Å². The molecule has 2 aliphatic heterocycles. The first-order valence-corrected chi connectivity index (χ1v) is 10.9. The van der Waals surface area contributed by atoms with Gasteiger partial charge in [-0.2, -0.15) is 0 Å². The van der Waals surface area contributed by atoms with Crippen LogP contribution in [0.25, 0.3) is 0 Å². The smallest absolute Gasteiger partial charge is 0.226 e. The van der Waals surface area contributed by atoms with Gasteiger partial charge in [0.15, 0.2) is 0 Å². The summed E-state index contributed by atoms with van der Waals surface area (Å²) in [6.45, 7) is 7.17. The van der Waals surface area contributed by atoms with Gasteiger partial charge in [-0.1, -0.05) is 30.3 Å². The molecule has 0 aliphatic carbocycles. The molecule has 0 bridgehead atoms. The maximum atomic E-state index is 12.8. The Bertz CT molecular complexity index is 830. The van der Waals surface area contributed by atoms with Crippen LogP contribution in [0.15, 0.2) is 34.7 Å². The van der Waals surface area contributed by atoms with Crippen molar-refractivity contribution < 1.29 is 13.9 Å². The summed E-state index contributed by atoms with van der Waals surface area (Å²) in [5.74, 6) is 1.82. The fourth-order valence-corrected chi connectivity index (χ4v) is 5.06. The highest BCUT2D eigenvalue weighted by Gasteiger charge is 2.51. The number of nitrogens with zero attached hydrogens (tertiary/aromatic N) is 4. The Morgan fingerprint density at radius 3 is 2.67 bits per heavy atom. The quantitative estimate of drug-likeness (QED) is 0.651. The number of ether oxygens (including phenoxy) is 1. The average Bonchev–Trinajstić information content (AvgIpc) is 3.33. The van der Waals surface area contributed by atoms with Gasteiger partial charge in [-0.25, -0.2) is 0 Å². The summed E-state index contributed by atoms with van der Waals surface area (Å²) in [4.78, 5) is 17.4. The second kappa shape index (κ2) is 9.27. The van der Waals surface area contributed by atoms with Gasteiger partial charge in [-0.3, -0.25) is 4.79 Å². The third-order valence-electron chi connectivity index (χ3n) is 6.69. The number of methoxy groups -OCH3 is 1. The normalized spacial score (nSPS) is 21.4. The van der Waals surface area contributed by atoms with Crippen LogP contribution in [0, 0.1) is 12.3 Å². The molecule has 1 aromatic heterocycles. The van der Waals surface area contributed by atoms with Gasteiger partial charge < -0.3 is 19.0 Å². The molecule has 2 fully saturated rings. The summed E-state index contributed by atoms with van der Waals surface area (Å²) < 4.78 is 11.1. The summed E-state index contributed by atoms with van der Waals surface area (Å²) in [7, 11) is 1.75. The van der Waals surface area contributed by atoms with Crippen LogP contribution >= 0.6 is 0 Å². The first kappa shape index (κ1) is 21.0. The molecule has 30 heavy (non-hydrogen) atoms. The highest BCUT2D eigenvalue weighted by atomic mass is 16.5. The summed E-state index contributed by atoms with van der Waals surface area (Å²) in [5.41, 5.74) is 1.17. The van der Waals surface area contributed by atoms with E-state index in [1.165, 1.54) is 0 Å². The van der Waals surface area contributed by atoms with E-state index in [0.717, 1.165) is 70.0 Å². The van der Waals surface area contributed by atoms with Gasteiger partial charge in [0.05, 0.1) is 12.3 Å². The second-order valence-electron chi connectivity index (χ2n) is 8.70. The molecule has 1 unspecified atom stereocenters. The zero-order valence-corrected chi connectivity index (χ0v) is 18.0. The highest BCUT2D eigenvalue weighted by molar-refractivity contribution is 5.78. The zero-order valence-electron chi connectivity index (χ0n) is 18.0. The first-order chi connectivity index (χ1) is 14.6. The van der Waals surface area contributed by atoms with E-state index in [1.807, 2.05) is 42.2 Å². The molecule has 162 valence electrons. The van der Waals surface area contributed by atoms with Crippen LogP contribution in [0.1, 0.15) is 42.5 Å². The van der Waals surface area contributed by atoms with E-state index in [-0.39, 0.29) is 17.2 Å². The number of benzene rings is 1. The van der Waals surface area contributed by atoms with E-state index in [9.17, 15) is 4.79 Å². The summed E-state index contributed by atoms with van der Waals surface area (Å²) >= 11 is 0. The van der Waals surface area contributed by atoms with E-state index in [2.05, 4.69) is 15.1 Å². The number of carbonyl (C=O) groups excluding carboxylic acids is 1. The van der Waals surface area contributed by atoms with E-state index in [4.69, 9.17) is 9.15 Å². The minimum absolute atomic E-state index is 0.0928. The number of hydrogen-bond donors (Lipinski definition) is 0. The Morgan fingerprint density at radius 2 is 2.00 bits per heavy atom. The number of aromatic nitrogens is 2. The molecule has 2 aromatic rings. The molecule has 0 saturated carbocycles. The van der Waals surface area contributed by atoms with Gasteiger partial charge >= 0.3 is 0 Å². The first-order valence-electron chi connectivity index (χ1n) is 10.9. The van der Waals surface area contributed by atoms with Crippen molar-refractivity contribution in [1.82, 2.24) is 20.0 Å². The zero-order chi connectivity index (χ0) is 21.0. The lowest BCUT2D eigenvalue weighted by molar-refractivity contribution is -0.132. The standard InChI is InChI=1S/C23H32N4O3/c1-18-24-25-22(30-18)20-16-26(11-6-14-29-2)17-23(20)9-12-27(13-10-23)21(28)15-19-7-4-3-5-8-19/h3-5,7-8,20H,6,9-17H2,1-2H3. The van der Waals surface area contributed by atoms with Crippen molar-refractivity contribution in [3.05, 3.63) is 47.7 Å². The van der Waals surface area contributed by atoms with Crippen molar-refractivity contribution in [2.45, 2.75) is 38.5 Å². The van der Waals surface area contributed by atoms with Crippen molar-refractivity contribution in [3.63, 3.8) is 0 Å². The van der Waals surface area contributed by atoms with E-state index in [0.29, 0.717) is 12.3 Å². The van der Waals surface area contributed by atoms with Crippen LogP contribution in [0.2, 0.25) is 0 Å². The number of piperidine rings is 1. The molecular formula is C23H32N4O3. The Kier molecular flexibility index (Phi) is 6.49. The average molecular weight is 413 g/mol. The minimum Gasteiger partial charge on any atom is -0.425 e. The van der Waals surface area contributed by atoms with Crippen molar-refractivity contribution in [1.29, 1.82) is 0 Å². The number of rotatable bonds is 7. The number of amides is 1. The number of hydrogen-bond acceptors (Lipinski definition) is 6. The molecule has 0 radical (unpaired) electrons. The third-order valence-corrected chi connectivity index (χ3v) is 6.69. The monoisotopic (exact) mass is 412 g/mol. The Labute approximate surface area is 178 Å². The maximum absolute atomic E-state index is 12.8. The molecule has 3 heterocycles. The van der Waals surface area contributed by atoms with Crippen molar-refractivity contribution in [3.8, 4) is 0 Å². The molecule has 2 saturated heterocycles. The fourth-order valence-electron chi connectivity index (χ4n) is 5.06. The Balaban J connectivity index is 1.43. The van der Waals surface area contributed by atoms with Gasteiger partial charge in [-0.05, 0) is 30.2 Å². The molecule has 1 spiro atoms. The predicted octanol–water partition coefficient (Wildman–Crippen LogP) is 2.67. The van der Waals surface area contributed by atoms with Gasteiger partial charge in [0.2, 0.25) is 17.7 Å². The largest absolute Gasteiger partial charge is 0.425 e. The maximum Gasteiger partial charge on any atom is 0.226 e. The predicted molar refractivity (Wildman–Crippen MR) is 113 cm³/mol. The lowest BCUT2D eigenvalue weighted by Crippen LogP contribution is -2.46. The van der Waals surface area contributed by atoms with E-state index >= 15 is 0 Å². The second-order valence-corrected chi connectivity index (χ2v) is 8.70. The fraction of sp³-hybridized carbons (Fsp3) is 0.609. The third kappa shape index (κ3) is 4.57. The van der Waals surface area contributed by atoms with Gasteiger partial charge in [-0.15, -0.1) is 10.2 Å². The van der Waals surface area contributed by atoms with Crippen LogP contribution in [0.3, 0.4) is 0 Å². The molecule has 7 nitrogen and oxygen atoms in total. The molecule has 4 rings (SSSR count). The Hall–Kier alpha value is -2.25. The molecule has 2 aliphatic rings. The van der Waals surface area contributed by atoms with Gasteiger partial charge in [0, 0.05) is 53.4 Å². The van der Waals surface area contributed by atoms with Crippen molar-refractivity contribution >= 4 is 5.91 Å². The summed E-state index contributed by atoms with van der Waals surface area (Å²) in [6.07, 6.45) is 3.44. The molecule has 0 N–H and O–H groups in total. The number of likely N-dealkylation sites (tertiary alicyclic amines) is 2.